The second-order valence-electron chi connectivity index (χ2n) is 5.72. The van der Waals surface area contributed by atoms with Crippen molar-refractivity contribution in [1.29, 1.82) is 0 Å². The molecule has 0 aliphatic rings. The van der Waals surface area contributed by atoms with Crippen molar-refractivity contribution < 1.29 is 9.53 Å². The summed E-state index contributed by atoms with van der Waals surface area (Å²) in [5.74, 6) is 0.512. The van der Waals surface area contributed by atoms with Gasteiger partial charge >= 0.3 is 6.03 Å². The summed E-state index contributed by atoms with van der Waals surface area (Å²) < 4.78 is 8.57. The van der Waals surface area contributed by atoms with Crippen molar-refractivity contribution in [2.45, 2.75) is 39.8 Å². The maximum Gasteiger partial charge on any atom is 0.320 e. The van der Waals surface area contributed by atoms with Gasteiger partial charge in [-0.1, -0.05) is 6.92 Å². The Balaban J connectivity index is 2.00. The van der Waals surface area contributed by atoms with Crippen molar-refractivity contribution in [3.63, 3.8) is 0 Å². The fourth-order valence-electron chi connectivity index (χ4n) is 2.72. The van der Waals surface area contributed by atoms with Gasteiger partial charge in [0.2, 0.25) is 0 Å². The van der Waals surface area contributed by atoms with Gasteiger partial charge in [0, 0.05) is 37.7 Å². The van der Waals surface area contributed by atoms with Gasteiger partial charge in [-0.2, -0.15) is 10.2 Å². The van der Waals surface area contributed by atoms with Gasteiger partial charge in [0.05, 0.1) is 24.9 Å². The van der Waals surface area contributed by atoms with Crippen LogP contribution in [0.2, 0.25) is 0 Å². The molecular weight excluding hydrogens is 308 g/mol. The molecule has 2 aromatic heterocycles. The van der Waals surface area contributed by atoms with Crippen LogP contribution >= 0.6 is 0 Å². The first-order valence-corrected chi connectivity index (χ1v) is 8.06. The number of hydrogen-bond donors (Lipinski definition) is 2. The van der Waals surface area contributed by atoms with E-state index in [2.05, 4.69) is 20.8 Å². The highest BCUT2D eigenvalue weighted by atomic mass is 16.5. The summed E-state index contributed by atoms with van der Waals surface area (Å²) in [5.41, 5.74) is 3.07. The topological polar surface area (TPSA) is 86.0 Å². The van der Waals surface area contributed by atoms with Crippen LogP contribution in [0.15, 0.2) is 12.3 Å². The minimum absolute atomic E-state index is 0.0886. The normalized spacial score (nSPS) is 12.2. The van der Waals surface area contributed by atoms with Crippen LogP contribution in [0.5, 0.6) is 0 Å². The summed E-state index contributed by atoms with van der Waals surface area (Å²) in [6.07, 6.45) is 2.59. The number of methoxy groups -OCH3 is 1. The molecule has 0 saturated heterocycles. The van der Waals surface area contributed by atoms with Gasteiger partial charge in [-0.3, -0.25) is 14.7 Å². The van der Waals surface area contributed by atoms with Crippen molar-refractivity contribution >= 4 is 11.8 Å². The summed E-state index contributed by atoms with van der Waals surface area (Å²) in [7, 11) is 3.55. The number of amides is 2. The molecule has 0 spiro atoms. The average Bonchev–Trinajstić information content (AvgIpc) is 3.08. The predicted molar refractivity (Wildman–Crippen MR) is 92.0 cm³/mol. The zero-order valence-electron chi connectivity index (χ0n) is 15.0. The van der Waals surface area contributed by atoms with Crippen molar-refractivity contribution in [3.05, 3.63) is 29.2 Å². The molecule has 8 nitrogen and oxygen atoms in total. The maximum atomic E-state index is 12.3. The van der Waals surface area contributed by atoms with Crippen LogP contribution in [0.4, 0.5) is 10.6 Å². The third-order valence-electron chi connectivity index (χ3n) is 4.03. The molecule has 0 fully saturated rings. The van der Waals surface area contributed by atoms with Crippen LogP contribution in [0, 0.1) is 13.8 Å². The molecule has 1 unspecified atom stereocenters. The first-order valence-electron chi connectivity index (χ1n) is 8.06. The Hall–Kier alpha value is -2.35. The predicted octanol–water partition coefficient (Wildman–Crippen LogP) is 2.15. The molecule has 2 aromatic rings. The van der Waals surface area contributed by atoms with Crippen LogP contribution < -0.4 is 10.6 Å². The average molecular weight is 334 g/mol. The second kappa shape index (κ2) is 7.96. The van der Waals surface area contributed by atoms with E-state index in [4.69, 9.17) is 4.74 Å². The molecule has 132 valence electrons. The lowest BCUT2D eigenvalue weighted by Gasteiger charge is -2.18. The highest BCUT2D eigenvalue weighted by molar-refractivity contribution is 5.88. The van der Waals surface area contributed by atoms with E-state index >= 15 is 0 Å². The number of rotatable bonds is 7. The molecule has 8 heteroatoms. The number of nitrogens with zero attached hydrogens (tertiary/aromatic N) is 4. The Morgan fingerprint density at radius 1 is 1.38 bits per heavy atom. The van der Waals surface area contributed by atoms with E-state index in [1.54, 1.807) is 24.1 Å². The Labute approximate surface area is 142 Å². The molecule has 2 heterocycles. The van der Waals surface area contributed by atoms with Gasteiger partial charge in [0.1, 0.15) is 0 Å². The molecule has 0 radical (unpaired) electrons. The molecule has 0 aromatic carbocycles. The summed E-state index contributed by atoms with van der Waals surface area (Å²) in [6, 6.07) is 1.40. The number of aryl methyl sites for hydroxylation is 2. The Kier molecular flexibility index (Phi) is 5.97. The number of carbonyl (C=O) groups is 1. The van der Waals surface area contributed by atoms with Crippen LogP contribution in [0.25, 0.3) is 0 Å². The fourth-order valence-corrected chi connectivity index (χ4v) is 2.72. The smallest absolute Gasteiger partial charge is 0.320 e. The van der Waals surface area contributed by atoms with E-state index < -0.39 is 0 Å². The Morgan fingerprint density at radius 3 is 2.71 bits per heavy atom. The molecule has 1 atom stereocenters. The Morgan fingerprint density at radius 2 is 2.12 bits per heavy atom. The van der Waals surface area contributed by atoms with Crippen molar-refractivity contribution in [3.8, 4) is 0 Å². The van der Waals surface area contributed by atoms with Gasteiger partial charge in [0.15, 0.2) is 5.82 Å². The molecule has 2 N–H and O–H groups in total. The van der Waals surface area contributed by atoms with Crippen LogP contribution in [-0.2, 0) is 18.3 Å². The molecule has 0 saturated carbocycles. The van der Waals surface area contributed by atoms with Gasteiger partial charge in [0.25, 0.3) is 0 Å². The third-order valence-corrected chi connectivity index (χ3v) is 4.03. The van der Waals surface area contributed by atoms with E-state index in [-0.39, 0.29) is 12.1 Å². The molecule has 0 aliphatic heterocycles. The molecule has 24 heavy (non-hydrogen) atoms. The quantitative estimate of drug-likeness (QED) is 0.812. The number of nitrogens with one attached hydrogen (secondary N) is 2. The van der Waals surface area contributed by atoms with Crippen LogP contribution in [0.3, 0.4) is 0 Å². The first-order chi connectivity index (χ1) is 11.5. The van der Waals surface area contributed by atoms with Crippen molar-refractivity contribution in [1.82, 2.24) is 24.9 Å². The molecule has 0 bridgehead atoms. The lowest BCUT2D eigenvalue weighted by Crippen LogP contribution is -2.33. The number of carbonyl (C=O) groups excluding carboxylic acids is 1. The van der Waals surface area contributed by atoms with Crippen molar-refractivity contribution in [2.24, 2.45) is 7.05 Å². The van der Waals surface area contributed by atoms with E-state index in [1.807, 2.05) is 32.5 Å². The fraction of sp³-hybridized carbons (Fsp3) is 0.562. The second-order valence-corrected chi connectivity index (χ2v) is 5.72. The van der Waals surface area contributed by atoms with E-state index in [0.29, 0.717) is 19.0 Å². The monoisotopic (exact) mass is 334 g/mol. The summed E-state index contributed by atoms with van der Waals surface area (Å²) in [6.45, 7) is 7.23. The number of hydrogen-bond acceptors (Lipinski definition) is 4. The minimum Gasteiger partial charge on any atom is -0.383 e. The van der Waals surface area contributed by atoms with Crippen LogP contribution in [0.1, 0.15) is 36.3 Å². The number of aromatic nitrogens is 4. The van der Waals surface area contributed by atoms with Crippen LogP contribution in [-0.4, -0.2) is 39.3 Å². The summed E-state index contributed by atoms with van der Waals surface area (Å²) in [5, 5.41) is 14.5. The van der Waals surface area contributed by atoms with Gasteiger partial charge in [-0.05, 0) is 20.3 Å². The summed E-state index contributed by atoms with van der Waals surface area (Å²) in [4.78, 5) is 12.3. The summed E-state index contributed by atoms with van der Waals surface area (Å²) >= 11 is 0. The Bertz CT molecular complexity index is 691. The van der Waals surface area contributed by atoms with Gasteiger partial charge < -0.3 is 10.1 Å². The van der Waals surface area contributed by atoms with E-state index in [1.165, 1.54) is 0 Å². The minimum atomic E-state index is -0.276. The number of urea groups is 1. The molecule has 2 amide bonds. The highest BCUT2D eigenvalue weighted by Crippen LogP contribution is 2.23. The number of anilines is 1. The van der Waals surface area contributed by atoms with E-state index in [9.17, 15) is 4.79 Å². The van der Waals surface area contributed by atoms with Crippen molar-refractivity contribution in [2.75, 3.05) is 19.0 Å². The zero-order chi connectivity index (χ0) is 17.7. The number of ether oxygens (including phenoxy) is 1. The molecule has 2 rings (SSSR count). The van der Waals surface area contributed by atoms with E-state index in [0.717, 1.165) is 23.4 Å². The highest BCUT2D eigenvalue weighted by Gasteiger charge is 2.20. The maximum absolute atomic E-state index is 12.3. The zero-order valence-corrected chi connectivity index (χ0v) is 15.0. The SMILES string of the molecule is CCC(NC(=O)Nc1ccn(CCOC)n1)c1c(C)nn(C)c1C. The first kappa shape index (κ1) is 18.0. The standard InChI is InChI=1S/C16H26N6O2/c1-6-13(15-11(2)19-21(4)12(15)3)17-16(23)18-14-7-8-22(20-14)9-10-24-5/h7-8,13H,6,9-10H2,1-5H3,(H2,17,18,20,23). The third kappa shape index (κ3) is 4.14. The largest absolute Gasteiger partial charge is 0.383 e. The van der Waals surface area contributed by atoms with Gasteiger partial charge in [-0.25, -0.2) is 4.79 Å². The lowest BCUT2D eigenvalue weighted by molar-refractivity contribution is 0.183. The molecular formula is C16H26N6O2. The molecule has 0 aliphatic carbocycles. The lowest BCUT2D eigenvalue weighted by atomic mass is 10.0. The van der Waals surface area contributed by atoms with Gasteiger partial charge in [-0.15, -0.1) is 0 Å².